The van der Waals surface area contributed by atoms with E-state index in [1.165, 1.54) is 11.3 Å². The Balaban J connectivity index is 2.02. The minimum atomic E-state index is -3.45. The van der Waals surface area contributed by atoms with Crippen LogP contribution in [0.1, 0.15) is 5.56 Å². The third kappa shape index (κ3) is 3.61. The van der Waals surface area contributed by atoms with Crippen LogP contribution < -0.4 is 9.46 Å². The summed E-state index contributed by atoms with van der Waals surface area (Å²) in [6.45, 7) is 0.0539. The van der Waals surface area contributed by atoms with E-state index in [-0.39, 0.29) is 10.8 Å². The predicted octanol–water partition coefficient (Wildman–Crippen LogP) is 2.09. The van der Waals surface area contributed by atoms with Crippen molar-refractivity contribution in [1.29, 1.82) is 0 Å². The van der Waals surface area contributed by atoms with Crippen LogP contribution in [-0.4, -0.2) is 22.1 Å². The monoisotopic (exact) mass is 307 g/mol. The van der Waals surface area contributed by atoms with Crippen molar-refractivity contribution < 1.29 is 13.2 Å². The first-order valence-corrected chi connectivity index (χ1v) is 8.15. The highest BCUT2D eigenvalue weighted by Gasteiger charge is 2.12. The van der Waals surface area contributed by atoms with Crippen LogP contribution in [0.4, 0.5) is 0 Å². The van der Waals surface area contributed by atoms with Crippen molar-refractivity contribution in [3.8, 4) is 17.6 Å². The molecule has 0 aliphatic carbocycles. The summed E-state index contributed by atoms with van der Waals surface area (Å²) >= 11 is 1.17. The summed E-state index contributed by atoms with van der Waals surface area (Å²) in [7, 11) is -1.88. The summed E-state index contributed by atoms with van der Waals surface area (Å²) in [5, 5.41) is 1.72. The van der Waals surface area contributed by atoms with Gasteiger partial charge in [-0.3, -0.25) is 0 Å². The molecule has 1 N–H and O–H groups in total. The SMILES string of the molecule is COc1ccccc1C#CCNS(=O)(=O)c1cccs1. The van der Waals surface area contributed by atoms with Crippen molar-refractivity contribution in [3.05, 3.63) is 47.3 Å². The Bertz CT molecular complexity index is 725. The number of methoxy groups -OCH3 is 1. The molecule has 6 heteroatoms. The van der Waals surface area contributed by atoms with Crippen LogP contribution in [-0.2, 0) is 10.0 Å². The number of sulfonamides is 1. The second kappa shape index (κ2) is 6.57. The van der Waals surface area contributed by atoms with Gasteiger partial charge in [-0.15, -0.1) is 11.3 Å². The molecule has 2 aromatic rings. The minimum Gasteiger partial charge on any atom is -0.495 e. The van der Waals surface area contributed by atoms with E-state index in [1.807, 2.05) is 18.2 Å². The highest BCUT2D eigenvalue weighted by atomic mass is 32.2. The molecular formula is C14H13NO3S2. The van der Waals surface area contributed by atoms with Gasteiger partial charge in [0.05, 0.1) is 19.2 Å². The van der Waals surface area contributed by atoms with Crippen molar-refractivity contribution in [1.82, 2.24) is 4.72 Å². The molecule has 0 aliphatic heterocycles. The topological polar surface area (TPSA) is 55.4 Å². The Hall–Kier alpha value is -1.81. The van der Waals surface area contributed by atoms with E-state index in [2.05, 4.69) is 16.6 Å². The first-order valence-electron chi connectivity index (χ1n) is 5.78. The van der Waals surface area contributed by atoms with Gasteiger partial charge in [-0.05, 0) is 23.6 Å². The lowest BCUT2D eigenvalue weighted by molar-refractivity contribution is 0.413. The first kappa shape index (κ1) is 14.6. The number of ether oxygens (including phenoxy) is 1. The summed E-state index contributed by atoms with van der Waals surface area (Å²) in [6, 6.07) is 10.6. The number of hydrogen-bond acceptors (Lipinski definition) is 4. The van der Waals surface area contributed by atoms with Gasteiger partial charge in [0.1, 0.15) is 9.96 Å². The van der Waals surface area contributed by atoms with E-state index >= 15 is 0 Å². The average molecular weight is 307 g/mol. The largest absolute Gasteiger partial charge is 0.495 e. The molecule has 104 valence electrons. The molecule has 0 spiro atoms. The van der Waals surface area contributed by atoms with Gasteiger partial charge in [0, 0.05) is 0 Å². The van der Waals surface area contributed by atoms with Crippen LogP contribution >= 0.6 is 11.3 Å². The van der Waals surface area contributed by atoms with E-state index in [4.69, 9.17) is 4.74 Å². The lowest BCUT2D eigenvalue weighted by Gasteiger charge is -2.01. The number of thiophene rings is 1. The average Bonchev–Trinajstić information content (AvgIpc) is 2.99. The molecule has 0 aliphatic rings. The summed E-state index contributed by atoms with van der Waals surface area (Å²) in [6.07, 6.45) is 0. The fourth-order valence-corrected chi connectivity index (χ4v) is 3.47. The normalized spacial score (nSPS) is 10.7. The number of rotatable bonds is 4. The minimum absolute atomic E-state index is 0.0539. The molecule has 2 rings (SSSR count). The van der Waals surface area contributed by atoms with Crippen LogP contribution in [0.2, 0.25) is 0 Å². The van der Waals surface area contributed by atoms with Gasteiger partial charge < -0.3 is 4.74 Å². The summed E-state index contributed by atoms with van der Waals surface area (Å²) in [4.78, 5) is 0. The Labute approximate surface area is 122 Å². The Morgan fingerprint density at radius 3 is 2.75 bits per heavy atom. The predicted molar refractivity (Wildman–Crippen MR) is 79.4 cm³/mol. The quantitative estimate of drug-likeness (QED) is 0.880. The summed E-state index contributed by atoms with van der Waals surface area (Å²) < 4.78 is 31.6. The van der Waals surface area contributed by atoms with Crippen LogP contribution in [0.25, 0.3) is 0 Å². The highest BCUT2D eigenvalue weighted by Crippen LogP contribution is 2.16. The maximum absolute atomic E-state index is 11.8. The third-order valence-corrected chi connectivity index (χ3v) is 5.24. The lowest BCUT2D eigenvalue weighted by Crippen LogP contribution is -2.23. The van der Waals surface area contributed by atoms with E-state index in [9.17, 15) is 8.42 Å². The molecule has 0 amide bonds. The maximum Gasteiger partial charge on any atom is 0.250 e. The van der Waals surface area contributed by atoms with E-state index in [0.717, 1.165) is 5.56 Å². The molecule has 0 fully saturated rings. The van der Waals surface area contributed by atoms with Gasteiger partial charge in [0.2, 0.25) is 0 Å². The van der Waals surface area contributed by atoms with Crippen molar-refractivity contribution >= 4 is 21.4 Å². The molecule has 4 nitrogen and oxygen atoms in total. The van der Waals surface area contributed by atoms with Crippen molar-refractivity contribution in [3.63, 3.8) is 0 Å². The lowest BCUT2D eigenvalue weighted by atomic mass is 10.2. The highest BCUT2D eigenvalue weighted by molar-refractivity contribution is 7.91. The van der Waals surface area contributed by atoms with Gasteiger partial charge >= 0.3 is 0 Å². The fraction of sp³-hybridized carbons (Fsp3) is 0.143. The fourth-order valence-electron chi connectivity index (χ4n) is 1.51. The van der Waals surface area contributed by atoms with Crippen molar-refractivity contribution in [2.45, 2.75) is 4.21 Å². The smallest absolute Gasteiger partial charge is 0.250 e. The first-order chi connectivity index (χ1) is 9.63. The zero-order valence-electron chi connectivity index (χ0n) is 10.8. The van der Waals surface area contributed by atoms with Gasteiger partial charge in [-0.25, -0.2) is 8.42 Å². The second-order valence-corrected chi connectivity index (χ2v) is 6.70. The van der Waals surface area contributed by atoms with Gasteiger partial charge in [-0.1, -0.05) is 30.0 Å². The molecular weight excluding hydrogens is 294 g/mol. The molecule has 0 saturated heterocycles. The zero-order valence-corrected chi connectivity index (χ0v) is 12.4. The Kier molecular flexibility index (Phi) is 4.79. The van der Waals surface area contributed by atoms with Gasteiger partial charge in [0.25, 0.3) is 10.0 Å². The summed E-state index contributed by atoms with van der Waals surface area (Å²) in [5.74, 6) is 6.33. The molecule has 0 radical (unpaired) electrons. The van der Waals surface area contributed by atoms with Crippen LogP contribution in [0.3, 0.4) is 0 Å². The molecule has 0 bridgehead atoms. The van der Waals surface area contributed by atoms with Crippen molar-refractivity contribution in [2.24, 2.45) is 0 Å². The van der Waals surface area contributed by atoms with Crippen LogP contribution in [0.15, 0.2) is 46.0 Å². The summed E-state index contributed by atoms with van der Waals surface area (Å²) in [5.41, 5.74) is 0.727. The number of para-hydroxylation sites is 1. The number of benzene rings is 1. The Morgan fingerprint density at radius 2 is 2.05 bits per heavy atom. The van der Waals surface area contributed by atoms with E-state index in [0.29, 0.717) is 5.75 Å². The standard InChI is InChI=1S/C14H13NO3S2/c1-18-13-8-3-2-6-12(13)7-4-10-15-20(16,17)14-9-5-11-19-14/h2-3,5-6,8-9,11,15H,10H2,1H3. The zero-order chi connectivity index (χ0) is 14.4. The number of hydrogen-bond donors (Lipinski definition) is 1. The van der Waals surface area contributed by atoms with E-state index < -0.39 is 10.0 Å². The number of nitrogens with one attached hydrogen (secondary N) is 1. The molecule has 1 aromatic heterocycles. The Morgan fingerprint density at radius 1 is 1.25 bits per heavy atom. The maximum atomic E-state index is 11.8. The van der Waals surface area contributed by atoms with E-state index in [1.54, 1.807) is 30.7 Å². The molecule has 1 aromatic carbocycles. The molecule has 0 atom stereocenters. The van der Waals surface area contributed by atoms with Crippen molar-refractivity contribution in [2.75, 3.05) is 13.7 Å². The molecule has 0 unspecified atom stereocenters. The molecule has 0 saturated carbocycles. The second-order valence-electron chi connectivity index (χ2n) is 3.76. The third-order valence-electron chi connectivity index (χ3n) is 2.44. The molecule has 1 heterocycles. The molecule has 20 heavy (non-hydrogen) atoms. The van der Waals surface area contributed by atoms with Crippen LogP contribution in [0, 0.1) is 11.8 Å². The van der Waals surface area contributed by atoms with Crippen LogP contribution in [0.5, 0.6) is 5.75 Å². The van der Waals surface area contributed by atoms with Gasteiger partial charge in [0.15, 0.2) is 0 Å². The van der Waals surface area contributed by atoms with Gasteiger partial charge in [-0.2, -0.15) is 4.72 Å².